The van der Waals surface area contributed by atoms with E-state index in [0.717, 1.165) is 38.5 Å². The molecule has 6 rings (SSSR count). The predicted molar refractivity (Wildman–Crippen MR) is 231 cm³/mol. The maximum absolute atomic E-state index is 13.5. The van der Waals surface area contributed by atoms with Crippen LogP contribution in [0.5, 0.6) is 11.5 Å². The molecule has 0 aromatic heterocycles. The van der Waals surface area contributed by atoms with Crippen LogP contribution in [0.25, 0.3) is 0 Å². The summed E-state index contributed by atoms with van der Waals surface area (Å²) in [5.41, 5.74) is 5.68. The van der Waals surface area contributed by atoms with Crippen molar-refractivity contribution in [2.75, 3.05) is 36.0 Å². The average Bonchev–Trinajstić information content (AvgIpc) is 3.21. The Morgan fingerprint density at radius 3 is 1.46 bits per heavy atom. The molecule has 0 spiro atoms. The second-order valence-corrected chi connectivity index (χ2v) is 18.1. The minimum atomic E-state index is -3.12. The summed E-state index contributed by atoms with van der Waals surface area (Å²) in [5, 5.41) is 2.12. The Morgan fingerprint density at radius 2 is 1.10 bits per heavy atom. The van der Waals surface area contributed by atoms with Gasteiger partial charge in [-0.2, -0.15) is 8.78 Å². The molecule has 2 saturated carbocycles. The summed E-state index contributed by atoms with van der Waals surface area (Å²) in [6.45, 7) is 15.4. The third-order valence-electron chi connectivity index (χ3n) is 11.9. The largest absolute Gasteiger partial charge is 0.476 e. The molecule has 2 aromatic rings. The first kappa shape index (κ1) is 47.3. The fourth-order valence-electron chi connectivity index (χ4n) is 9.00. The Bertz CT molecular complexity index is 1910. The van der Waals surface area contributed by atoms with E-state index >= 15 is 0 Å². The number of hydrogen-bond donors (Lipinski definition) is 2. The second kappa shape index (κ2) is 19.9. The first-order valence-electron chi connectivity index (χ1n) is 22.0. The van der Waals surface area contributed by atoms with Crippen LogP contribution in [0, 0.1) is 0 Å². The van der Waals surface area contributed by atoms with Crippen molar-refractivity contribution in [1.82, 2.24) is 15.1 Å². The van der Waals surface area contributed by atoms with Gasteiger partial charge in [0, 0.05) is 61.5 Å². The molecule has 2 heterocycles. The number of ether oxygens (including phenoxy) is 2. The highest BCUT2D eigenvalue weighted by atomic mass is 19.3. The standard InChI is InChI=1S/C24H33F2N3O4.C22H33N3O3/c1-15(2)29(17-8-6-5-7-9-17)22(31)16-10-11-19-18(14-16)28(23(32)24(3,4)33-19)13-12-27-21(30)20(25)26;1-15(2)25(17-8-6-5-7-9-17)20(26)16-10-11-19-18(14-16)24(13-12-23)21(27)22(3,4)28-19/h10-11,14-15,17,20H,5-9,12-13H2,1-4H3,(H,27,30);10-11,14-15,17H,5-9,12-13,23H2,1-4H3. The maximum atomic E-state index is 13.5. The molecular weight excluding hydrogens is 787 g/mol. The van der Waals surface area contributed by atoms with Crippen LogP contribution >= 0.6 is 0 Å². The first-order valence-corrected chi connectivity index (χ1v) is 22.0. The van der Waals surface area contributed by atoms with Crippen molar-refractivity contribution < 1.29 is 42.2 Å². The highest BCUT2D eigenvalue weighted by molar-refractivity contribution is 6.05. The number of amides is 5. The Balaban J connectivity index is 0.000000234. The van der Waals surface area contributed by atoms with Crippen LogP contribution in [0.1, 0.15) is 140 Å². The lowest BCUT2D eigenvalue weighted by Crippen LogP contribution is -2.54. The SMILES string of the molecule is CC(C)N(C(=O)c1ccc2c(c1)N(CCN)C(=O)C(C)(C)O2)C1CCCCC1.CC(C)N(C(=O)c1ccc2c(c1)N(CCNC(=O)C(F)F)C(=O)C(C)(C)O2)C1CCCCC1. The Kier molecular flexibility index (Phi) is 15.4. The summed E-state index contributed by atoms with van der Waals surface area (Å²) < 4.78 is 36.8. The number of nitrogens with one attached hydrogen (secondary N) is 1. The van der Waals surface area contributed by atoms with Crippen LogP contribution in [-0.2, 0) is 14.4 Å². The van der Waals surface area contributed by atoms with Gasteiger partial charge in [-0.3, -0.25) is 24.0 Å². The molecule has 2 aromatic carbocycles. The lowest BCUT2D eigenvalue weighted by atomic mass is 9.92. The van der Waals surface area contributed by atoms with Gasteiger partial charge in [0.2, 0.25) is 0 Å². The van der Waals surface area contributed by atoms with Gasteiger partial charge < -0.3 is 40.1 Å². The number of rotatable bonds is 12. The summed E-state index contributed by atoms with van der Waals surface area (Å²) >= 11 is 0. The normalized spacial score (nSPS) is 18.7. The van der Waals surface area contributed by atoms with Gasteiger partial charge in [0.05, 0.1) is 11.4 Å². The van der Waals surface area contributed by atoms with Gasteiger partial charge in [-0.05, 0) is 117 Å². The molecule has 5 amide bonds. The minimum Gasteiger partial charge on any atom is -0.476 e. The molecule has 3 N–H and O–H groups in total. The maximum Gasteiger partial charge on any atom is 0.315 e. The van der Waals surface area contributed by atoms with Gasteiger partial charge in [-0.15, -0.1) is 0 Å². The topological polar surface area (TPSA) is 155 Å². The van der Waals surface area contributed by atoms with Crippen LogP contribution in [0.2, 0.25) is 0 Å². The summed E-state index contributed by atoms with van der Waals surface area (Å²) in [6.07, 6.45) is 7.91. The summed E-state index contributed by atoms with van der Waals surface area (Å²) in [6, 6.07) is 11.0. The van der Waals surface area contributed by atoms with E-state index in [2.05, 4.69) is 19.2 Å². The van der Waals surface area contributed by atoms with E-state index in [1.165, 1.54) is 30.6 Å². The minimum absolute atomic E-state index is 0.0223. The fraction of sp³-hybridized carbons (Fsp3) is 0.630. The molecule has 13 nitrogen and oxygen atoms in total. The van der Waals surface area contributed by atoms with E-state index in [0.29, 0.717) is 47.1 Å². The quantitative estimate of drug-likeness (QED) is 0.230. The number of benzene rings is 2. The van der Waals surface area contributed by atoms with Crippen molar-refractivity contribution in [2.24, 2.45) is 5.73 Å². The van der Waals surface area contributed by atoms with Crippen molar-refractivity contribution in [3.05, 3.63) is 47.5 Å². The van der Waals surface area contributed by atoms with Crippen LogP contribution < -0.4 is 30.3 Å². The highest BCUT2D eigenvalue weighted by Crippen LogP contribution is 2.40. The second-order valence-electron chi connectivity index (χ2n) is 18.1. The van der Waals surface area contributed by atoms with Gasteiger partial charge >= 0.3 is 6.43 Å². The van der Waals surface area contributed by atoms with Crippen molar-refractivity contribution in [1.29, 1.82) is 0 Å². The number of halogens is 2. The summed E-state index contributed by atoms with van der Waals surface area (Å²) in [7, 11) is 0. The number of nitrogens with two attached hydrogens (primary N) is 1. The van der Waals surface area contributed by atoms with Gasteiger partial charge in [0.25, 0.3) is 29.5 Å². The number of carbonyl (C=O) groups is 5. The molecule has 15 heteroatoms. The number of anilines is 2. The molecule has 2 aliphatic carbocycles. The number of alkyl halides is 2. The average molecular weight is 853 g/mol. The Morgan fingerprint density at radius 1 is 0.705 bits per heavy atom. The van der Waals surface area contributed by atoms with Crippen LogP contribution in [0.4, 0.5) is 20.2 Å². The van der Waals surface area contributed by atoms with E-state index in [9.17, 15) is 32.8 Å². The molecule has 4 aliphatic rings. The zero-order valence-electron chi connectivity index (χ0n) is 37.2. The zero-order valence-corrected chi connectivity index (χ0v) is 37.2. The molecule has 0 bridgehead atoms. The third kappa shape index (κ3) is 10.8. The van der Waals surface area contributed by atoms with Crippen molar-refractivity contribution in [3.8, 4) is 11.5 Å². The van der Waals surface area contributed by atoms with Crippen LogP contribution in [0.3, 0.4) is 0 Å². The molecule has 2 fully saturated rings. The zero-order chi connectivity index (χ0) is 44.8. The van der Waals surface area contributed by atoms with E-state index in [4.69, 9.17) is 15.2 Å². The van der Waals surface area contributed by atoms with Crippen molar-refractivity contribution >= 4 is 40.9 Å². The first-order chi connectivity index (χ1) is 28.8. The molecule has 2 aliphatic heterocycles. The molecule has 0 unspecified atom stereocenters. The van der Waals surface area contributed by atoms with Crippen LogP contribution in [-0.4, -0.2) is 107 Å². The van der Waals surface area contributed by atoms with E-state index in [1.54, 1.807) is 62.9 Å². The molecule has 0 atom stereocenters. The van der Waals surface area contributed by atoms with Gasteiger partial charge in [-0.1, -0.05) is 38.5 Å². The van der Waals surface area contributed by atoms with Crippen LogP contribution in [0.15, 0.2) is 36.4 Å². The summed E-state index contributed by atoms with van der Waals surface area (Å²) in [4.78, 5) is 71.0. The fourth-order valence-corrected chi connectivity index (χ4v) is 9.00. The molecule has 0 radical (unpaired) electrons. The highest BCUT2D eigenvalue weighted by Gasteiger charge is 2.43. The molecule has 61 heavy (non-hydrogen) atoms. The van der Waals surface area contributed by atoms with Crippen molar-refractivity contribution in [2.45, 2.75) is 161 Å². The number of fused-ring (bicyclic) bond motifs is 2. The van der Waals surface area contributed by atoms with Gasteiger partial charge in [-0.25, -0.2) is 0 Å². The Labute approximate surface area is 359 Å². The van der Waals surface area contributed by atoms with Gasteiger partial charge in [0.1, 0.15) is 11.5 Å². The van der Waals surface area contributed by atoms with E-state index < -0.39 is 23.5 Å². The van der Waals surface area contributed by atoms with E-state index in [1.807, 2.05) is 29.7 Å². The monoisotopic (exact) mass is 852 g/mol. The molecule has 0 saturated heterocycles. The lowest BCUT2D eigenvalue weighted by Gasteiger charge is -2.40. The molecule has 336 valence electrons. The van der Waals surface area contributed by atoms with Crippen molar-refractivity contribution in [3.63, 3.8) is 0 Å². The Hall–Kier alpha value is -4.79. The van der Waals surface area contributed by atoms with E-state index in [-0.39, 0.29) is 60.9 Å². The number of hydrogen-bond acceptors (Lipinski definition) is 8. The molecular formula is C46H66F2N6O7. The lowest BCUT2D eigenvalue weighted by molar-refractivity contribution is -0.133. The summed E-state index contributed by atoms with van der Waals surface area (Å²) in [5.74, 6) is -0.952. The number of nitrogens with zero attached hydrogens (tertiary/aromatic N) is 4. The number of carbonyl (C=O) groups excluding carboxylic acids is 5. The smallest absolute Gasteiger partial charge is 0.315 e. The van der Waals surface area contributed by atoms with Gasteiger partial charge in [0.15, 0.2) is 11.2 Å². The third-order valence-corrected chi connectivity index (χ3v) is 11.9. The predicted octanol–water partition coefficient (Wildman–Crippen LogP) is 7.09.